The first kappa shape index (κ1) is 32.5. The highest BCUT2D eigenvalue weighted by atomic mass is 32.2. The van der Waals surface area contributed by atoms with Crippen molar-refractivity contribution >= 4 is 23.8 Å². The van der Waals surface area contributed by atoms with E-state index in [1.54, 1.807) is 18.7 Å². The minimum atomic E-state index is -0.576. The van der Waals surface area contributed by atoms with Crippen LogP contribution in [0, 0.1) is 5.92 Å². The van der Waals surface area contributed by atoms with E-state index in [0.717, 1.165) is 39.1 Å². The van der Waals surface area contributed by atoms with Crippen LogP contribution in [0.2, 0.25) is 0 Å². The van der Waals surface area contributed by atoms with Gasteiger partial charge in [-0.3, -0.25) is 4.79 Å². The van der Waals surface area contributed by atoms with E-state index in [4.69, 9.17) is 14.2 Å². The second-order valence-corrected chi connectivity index (χ2v) is 11.4. The van der Waals surface area contributed by atoms with Gasteiger partial charge in [-0.25, -0.2) is 4.79 Å². The molecule has 2 amide bonds. The van der Waals surface area contributed by atoms with E-state index in [1.165, 1.54) is 0 Å². The maximum Gasteiger partial charge on any atom is 0.325 e. The maximum absolute atomic E-state index is 12.2. The fourth-order valence-electron chi connectivity index (χ4n) is 4.95. The lowest BCUT2D eigenvalue weighted by atomic mass is 9.91. The summed E-state index contributed by atoms with van der Waals surface area (Å²) >= 11 is 1.66. The summed E-state index contributed by atoms with van der Waals surface area (Å²) in [4.78, 5) is 23.7. The standard InChI is InChI=1S/C33H40N2O7S/c1-3-40-30(38)19-35-33(39)34-18-27-6-4-5-7-28(27)24-12-14-26(15-13-24)32-41-29(21-43-17-16-36)22(2)31(42-32)25-10-8-23(20-37)9-11-25/h4-15,22,29,31-32,36-37H,3,16-21H2,1-2H3,(H2,34,35,39). The van der Waals surface area contributed by atoms with Crippen molar-refractivity contribution in [3.63, 3.8) is 0 Å². The van der Waals surface area contributed by atoms with Crippen molar-refractivity contribution in [1.29, 1.82) is 0 Å². The minimum absolute atomic E-state index is 0.0122. The molecule has 1 fully saturated rings. The summed E-state index contributed by atoms with van der Waals surface area (Å²) in [5, 5.41) is 24.1. The molecule has 0 spiro atoms. The Bertz CT molecular complexity index is 1320. The van der Waals surface area contributed by atoms with Gasteiger partial charge in [0.2, 0.25) is 0 Å². The number of hydrogen-bond donors (Lipinski definition) is 4. The van der Waals surface area contributed by atoms with E-state index in [1.807, 2.05) is 72.8 Å². The number of rotatable bonds is 13. The van der Waals surface area contributed by atoms with E-state index in [9.17, 15) is 19.8 Å². The number of urea groups is 1. The largest absolute Gasteiger partial charge is 0.465 e. The zero-order chi connectivity index (χ0) is 30.6. The second-order valence-electron chi connectivity index (χ2n) is 10.2. The first-order chi connectivity index (χ1) is 20.9. The number of aliphatic hydroxyl groups excluding tert-OH is 2. The number of esters is 1. The van der Waals surface area contributed by atoms with Crippen LogP contribution < -0.4 is 10.6 Å². The molecule has 4 N–H and O–H groups in total. The smallest absolute Gasteiger partial charge is 0.325 e. The third kappa shape index (κ3) is 9.04. The van der Waals surface area contributed by atoms with Crippen LogP contribution in [0.5, 0.6) is 0 Å². The van der Waals surface area contributed by atoms with E-state index in [0.29, 0.717) is 5.75 Å². The molecule has 0 aromatic heterocycles. The molecule has 0 aliphatic carbocycles. The van der Waals surface area contributed by atoms with Crippen molar-refractivity contribution in [1.82, 2.24) is 10.6 Å². The Morgan fingerprint density at radius 1 is 0.930 bits per heavy atom. The van der Waals surface area contributed by atoms with Gasteiger partial charge in [0.25, 0.3) is 0 Å². The number of carbonyl (C=O) groups is 2. The normalized spacial score (nSPS) is 19.9. The maximum atomic E-state index is 12.2. The van der Waals surface area contributed by atoms with Crippen LogP contribution in [-0.2, 0) is 32.2 Å². The zero-order valence-corrected chi connectivity index (χ0v) is 25.3. The Balaban J connectivity index is 1.47. The summed E-state index contributed by atoms with van der Waals surface area (Å²) in [5.74, 6) is 0.970. The molecule has 10 heteroatoms. The van der Waals surface area contributed by atoms with Crippen molar-refractivity contribution in [3.8, 4) is 11.1 Å². The summed E-state index contributed by atoms with van der Waals surface area (Å²) < 4.78 is 17.8. The Morgan fingerprint density at radius 2 is 1.65 bits per heavy atom. The fraction of sp³-hybridized carbons (Fsp3) is 0.394. The van der Waals surface area contributed by atoms with Gasteiger partial charge < -0.3 is 35.1 Å². The number of amides is 2. The molecular formula is C33H40N2O7S. The summed E-state index contributed by atoms with van der Waals surface area (Å²) in [6, 6.07) is 23.2. The quantitative estimate of drug-likeness (QED) is 0.162. The van der Waals surface area contributed by atoms with Crippen LogP contribution in [0.15, 0.2) is 72.8 Å². The SMILES string of the molecule is CCOC(=O)CNC(=O)NCc1ccccc1-c1ccc(C2OC(CSCCO)C(C)C(c3ccc(CO)cc3)O2)cc1. The van der Waals surface area contributed by atoms with E-state index in [2.05, 4.69) is 17.6 Å². The van der Waals surface area contributed by atoms with E-state index < -0.39 is 18.3 Å². The molecule has 4 atom stereocenters. The molecule has 230 valence electrons. The van der Waals surface area contributed by atoms with Crippen LogP contribution >= 0.6 is 11.8 Å². The van der Waals surface area contributed by atoms with Crippen LogP contribution in [-0.4, -0.2) is 59.6 Å². The molecule has 4 rings (SSSR count). The molecule has 9 nitrogen and oxygen atoms in total. The molecular weight excluding hydrogens is 568 g/mol. The molecule has 0 radical (unpaired) electrons. The lowest BCUT2D eigenvalue weighted by Gasteiger charge is -2.41. The van der Waals surface area contributed by atoms with Gasteiger partial charge >= 0.3 is 12.0 Å². The van der Waals surface area contributed by atoms with Gasteiger partial charge in [0.1, 0.15) is 6.54 Å². The number of nitrogens with one attached hydrogen (secondary N) is 2. The summed E-state index contributed by atoms with van der Waals surface area (Å²) in [6.07, 6.45) is -0.862. The monoisotopic (exact) mass is 608 g/mol. The first-order valence-corrected chi connectivity index (χ1v) is 15.6. The molecule has 1 saturated heterocycles. The number of aliphatic hydroxyl groups is 2. The number of benzene rings is 3. The minimum Gasteiger partial charge on any atom is -0.465 e. The lowest BCUT2D eigenvalue weighted by Crippen LogP contribution is -2.38. The van der Waals surface area contributed by atoms with Gasteiger partial charge in [-0.1, -0.05) is 79.7 Å². The Labute approximate surface area is 256 Å². The molecule has 0 saturated carbocycles. The first-order valence-electron chi connectivity index (χ1n) is 14.5. The summed E-state index contributed by atoms with van der Waals surface area (Å²) in [7, 11) is 0. The van der Waals surface area contributed by atoms with Gasteiger partial charge in [-0.2, -0.15) is 11.8 Å². The lowest BCUT2D eigenvalue weighted by molar-refractivity contribution is -0.268. The van der Waals surface area contributed by atoms with Crippen molar-refractivity contribution in [2.24, 2.45) is 5.92 Å². The summed E-state index contributed by atoms with van der Waals surface area (Å²) in [5.41, 5.74) is 5.63. The zero-order valence-electron chi connectivity index (χ0n) is 24.5. The number of hydrogen-bond acceptors (Lipinski definition) is 8. The number of carbonyl (C=O) groups excluding carboxylic acids is 2. The summed E-state index contributed by atoms with van der Waals surface area (Å²) in [6.45, 7) is 4.29. The molecule has 3 aromatic carbocycles. The topological polar surface area (TPSA) is 126 Å². The molecule has 4 unspecified atom stereocenters. The average Bonchev–Trinajstić information content (AvgIpc) is 3.04. The van der Waals surface area contributed by atoms with Gasteiger partial charge in [-0.05, 0) is 34.7 Å². The van der Waals surface area contributed by atoms with Gasteiger partial charge in [0.15, 0.2) is 6.29 Å². The fourth-order valence-corrected chi connectivity index (χ4v) is 5.86. The Morgan fingerprint density at radius 3 is 2.35 bits per heavy atom. The molecule has 1 aliphatic heterocycles. The number of ether oxygens (including phenoxy) is 3. The molecule has 3 aromatic rings. The number of thioether (sulfide) groups is 1. The predicted octanol–water partition coefficient (Wildman–Crippen LogP) is 4.73. The average molecular weight is 609 g/mol. The molecule has 1 aliphatic rings. The molecule has 1 heterocycles. The third-order valence-corrected chi connectivity index (χ3v) is 8.33. The van der Waals surface area contributed by atoms with E-state index in [-0.39, 0.29) is 51.0 Å². The van der Waals surface area contributed by atoms with Crippen molar-refractivity contribution < 1.29 is 34.0 Å². The third-order valence-electron chi connectivity index (χ3n) is 7.29. The van der Waals surface area contributed by atoms with E-state index >= 15 is 0 Å². The van der Waals surface area contributed by atoms with Crippen molar-refractivity contribution in [3.05, 3.63) is 95.1 Å². The van der Waals surface area contributed by atoms with Gasteiger partial charge in [0, 0.05) is 29.5 Å². The molecule has 43 heavy (non-hydrogen) atoms. The second kappa shape index (κ2) is 16.4. The highest BCUT2D eigenvalue weighted by molar-refractivity contribution is 7.99. The predicted molar refractivity (Wildman–Crippen MR) is 166 cm³/mol. The van der Waals surface area contributed by atoms with Crippen LogP contribution in [0.1, 0.15) is 48.5 Å². The Kier molecular flexibility index (Phi) is 12.4. The highest BCUT2D eigenvalue weighted by Gasteiger charge is 2.38. The van der Waals surface area contributed by atoms with Crippen molar-refractivity contribution in [2.45, 2.75) is 45.5 Å². The van der Waals surface area contributed by atoms with Crippen LogP contribution in [0.4, 0.5) is 4.79 Å². The van der Waals surface area contributed by atoms with Gasteiger partial charge in [-0.15, -0.1) is 0 Å². The molecule has 0 bridgehead atoms. The highest BCUT2D eigenvalue weighted by Crippen LogP contribution is 2.42. The van der Waals surface area contributed by atoms with Gasteiger partial charge in [0.05, 0.1) is 32.0 Å². The van der Waals surface area contributed by atoms with Crippen LogP contribution in [0.25, 0.3) is 11.1 Å². The van der Waals surface area contributed by atoms with Crippen molar-refractivity contribution in [2.75, 3.05) is 31.3 Å². The Hall–Kier alpha value is -3.41. The van der Waals surface area contributed by atoms with Crippen LogP contribution in [0.3, 0.4) is 0 Å².